The van der Waals surface area contributed by atoms with Crippen LogP contribution < -0.4 is 5.32 Å². The second-order valence-electron chi connectivity index (χ2n) is 9.68. The SMILES string of the molecule is CC(C)Cc1cc(CNC(=O)CN2CCCN(C(=O)c3cccc(F)c3)CC2)nn1-c1ccccc1. The molecule has 1 aliphatic rings. The molecule has 2 amide bonds. The predicted molar refractivity (Wildman–Crippen MR) is 137 cm³/mol. The van der Waals surface area contributed by atoms with E-state index in [2.05, 4.69) is 30.1 Å². The molecule has 1 fully saturated rings. The molecule has 0 atom stereocenters. The van der Waals surface area contributed by atoms with E-state index in [4.69, 9.17) is 5.10 Å². The molecule has 0 spiro atoms. The van der Waals surface area contributed by atoms with Crippen LogP contribution in [0.25, 0.3) is 5.69 Å². The normalized spacial score (nSPS) is 14.6. The zero-order chi connectivity index (χ0) is 25.5. The van der Waals surface area contributed by atoms with Crippen LogP contribution >= 0.6 is 0 Å². The summed E-state index contributed by atoms with van der Waals surface area (Å²) >= 11 is 0. The lowest BCUT2D eigenvalue weighted by Gasteiger charge is -2.21. The van der Waals surface area contributed by atoms with E-state index in [1.807, 2.05) is 35.0 Å². The Bertz CT molecular complexity index is 1180. The van der Waals surface area contributed by atoms with Gasteiger partial charge in [-0.15, -0.1) is 0 Å². The number of benzene rings is 2. The third kappa shape index (κ3) is 6.79. The van der Waals surface area contributed by atoms with Gasteiger partial charge in [-0.2, -0.15) is 5.10 Å². The Morgan fingerprint density at radius 2 is 1.81 bits per heavy atom. The molecule has 0 aliphatic carbocycles. The fourth-order valence-electron chi connectivity index (χ4n) is 4.50. The molecule has 1 N–H and O–H groups in total. The number of hydrogen-bond acceptors (Lipinski definition) is 4. The summed E-state index contributed by atoms with van der Waals surface area (Å²) in [5.74, 6) is -0.174. The maximum Gasteiger partial charge on any atom is 0.254 e. The van der Waals surface area contributed by atoms with Crippen LogP contribution in [0.15, 0.2) is 60.7 Å². The summed E-state index contributed by atoms with van der Waals surface area (Å²) in [5, 5.41) is 7.75. The molecular weight excluding hydrogens is 457 g/mol. The molecule has 0 radical (unpaired) electrons. The molecule has 1 aliphatic heterocycles. The minimum absolute atomic E-state index is 0.0698. The Balaban J connectivity index is 1.31. The summed E-state index contributed by atoms with van der Waals surface area (Å²) in [6.45, 7) is 7.39. The van der Waals surface area contributed by atoms with Crippen LogP contribution in [0.4, 0.5) is 4.39 Å². The number of amides is 2. The summed E-state index contributed by atoms with van der Waals surface area (Å²) in [7, 11) is 0. The van der Waals surface area contributed by atoms with E-state index < -0.39 is 5.82 Å². The minimum atomic E-state index is -0.418. The molecule has 36 heavy (non-hydrogen) atoms. The van der Waals surface area contributed by atoms with Gasteiger partial charge in [0.25, 0.3) is 5.91 Å². The lowest BCUT2D eigenvalue weighted by Crippen LogP contribution is -2.40. The molecule has 3 aromatic rings. The molecule has 0 saturated carbocycles. The number of para-hydroxylation sites is 1. The fourth-order valence-corrected chi connectivity index (χ4v) is 4.50. The maximum absolute atomic E-state index is 13.5. The van der Waals surface area contributed by atoms with Gasteiger partial charge in [0, 0.05) is 37.4 Å². The van der Waals surface area contributed by atoms with Crippen molar-refractivity contribution >= 4 is 11.8 Å². The molecule has 2 heterocycles. The second kappa shape index (κ2) is 11.9. The molecule has 2 aromatic carbocycles. The first-order valence-electron chi connectivity index (χ1n) is 12.6. The van der Waals surface area contributed by atoms with Gasteiger partial charge in [-0.25, -0.2) is 9.07 Å². The first-order valence-corrected chi connectivity index (χ1v) is 12.6. The van der Waals surface area contributed by atoms with Crippen molar-refractivity contribution in [3.8, 4) is 5.69 Å². The Labute approximate surface area is 211 Å². The quantitative estimate of drug-likeness (QED) is 0.522. The zero-order valence-corrected chi connectivity index (χ0v) is 21.0. The number of carbonyl (C=O) groups excluding carboxylic acids is 2. The monoisotopic (exact) mass is 491 g/mol. The van der Waals surface area contributed by atoms with E-state index in [0.29, 0.717) is 37.7 Å². The molecule has 0 bridgehead atoms. The van der Waals surface area contributed by atoms with Crippen LogP contribution in [0.1, 0.15) is 42.0 Å². The number of rotatable bonds is 8. The van der Waals surface area contributed by atoms with E-state index in [1.54, 1.807) is 17.0 Å². The fraction of sp³-hybridized carbons (Fsp3) is 0.393. The first-order chi connectivity index (χ1) is 17.4. The number of nitrogens with one attached hydrogen (secondary N) is 1. The van der Waals surface area contributed by atoms with Gasteiger partial charge in [0.15, 0.2) is 0 Å². The van der Waals surface area contributed by atoms with E-state index in [9.17, 15) is 14.0 Å². The van der Waals surface area contributed by atoms with Crippen molar-refractivity contribution in [2.45, 2.75) is 33.2 Å². The van der Waals surface area contributed by atoms with Crippen LogP contribution in [-0.2, 0) is 17.8 Å². The standard InChI is InChI=1S/C28H34FN5O2/c1-21(2)16-26-18-24(31-34(26)25-10-4-3-5-11-25)19-30-27(35)20-32-12-7-13-33(15-14-32)28(36)22-8-6-9-23(29)17-22/h3-6,8-11,17-18,21H,7,12-16,19-20H2,1-2H3,(H,30,35). The highest BCUT2D eigenvalue weighted by Crippen LogP contribution is 2.16. The molecule has 4 rings (SSSR count). The van der Waals surface area contributed by atoms with Crippen molar-refractivity contribution in [2.24, 2.45) is 5.92 Å². The Morgan fingerprint density at radius 3 is 2.56 bits per heavy atom. The van der Waals surface area contributed by atoms with E-state index in [1.165, 1.54) is 12.1 Å². The molecule has 8 heteroatoms. The topological polar surface area (TPSA) is 70.5 Å². The van der Waals surface area contributed by atoms with Gasteiger partial charge in [0.1, 0.15) is 5.82 Å². The highest BCUT2D eigenvalue weighted by molar-refractivity contribution is 5.94. The van der Waals surface area contributed by atoms with Crippen LogP contribution in [0, 0.1) is 11.7 Å². The highest BCUT2D eigenvalue weighted by atomic mass is 19.1. The van der Waals surface area contributed by atoms with Crippen molar-refractivity contribution < 1.29 is 14.0 Å². The first kappa shape index (κ1) is 25.6. The largest absolute Gasteiger partial charge is 0.349 e. The van der Waals surface area contributed by atoms with Gasteiger partial charge in [0.2, 0.25) is 5.91 Å². The summed E-state index contributed by atoms with van der Waals surface area (Å²) in [6.07, 6.45) is 1.66. The van der Waals surface area contributed by atoms with Crippen molar-refractivity contribution in [3.05, 3.63) is 83.4 Å². The minimum Gasteiger partial charge on any atom is -0.349 e. The lowest BCUT2D eigenvalue weighted by molar-refractivity contribution is -0.122. The summed E-state index contributed by atoms with van der Waals surface area (Å²) < 4.78 is 15.5. The summed E-state index contributed by atoms with van der Waals surface area (Å²) in [5.41, 5.74) is 3.31. The lowest BCUT2D eigenvalue weighted by atomic mass is 10.1. The molecule has 0 unspecified atom stereocenters. The maximum atomic E-state index is 13.5. The second-order valence-corrected chi connectivity index (χ2v) is 9.68. The van der Waals surface area contributed by atoms with Gasteiger partial charge in [-0.05, 0) is 55.2 Å². The van der Waals surface area contributed by atoms with Gasteiger partial charge in [-0.1, -0.05) is 38.1 Å². The number of nitrogens with zero attached hydrogens (tertiary/aromatic N) is 4. The molecule has 1 aromatic heterocycles. The average Bonchev–Trinajstić information content (AvgIpc) is 3.11. The molecular formula is C28H34FN5O2. The third-order valence-electron chi connectivity index (χ3n) is 6.23. The number of carbonyl (C=O) groups is 2. The molecule has 7 nitrogen and oxygen atoms in total. The number of aromatic nitrogens is 2. The van der Waals surface area contributed by atoms with E-state index in [-0.39, 0.29) is 18.4 Å². The Kier molecular flexibility index (Phi) is 8.48. The Hall–Kier alpha value is -3.52. The van der Waals surface area contributed by atoms with E-state index in [0.717, 1.165) is 36.5 Å². The van der Waals surface area contributed by atoms with Crippen molar-refractivity contribution in [1.82, 2.24) is 24.9 Å². The Morgan fingerprint density at radius 1 is 1.00 bits per heavy atom. The van der Waals surface area contributed by atoms with Crippen molar-refractivity contribution in [1.29, 1.82) is 0 Å². The van der Waals surface area contributed by atoms with Gasteiger partial charge in [0.05, 0.1) is 24.5 Å². The average molecular weight is 492 g/mol. The summed E-state index contributed by atoms with van der Waals surface area (Å²) in [6, 6.07) is 17.9. The van der Waals surface area contributed by atoms with Crippen LogP contribution in [-0.4, -0.2) is 64.1 Å². The van der Waals surface area contributed by atoms with Crippen LogP contribution in [0.2, 0.25) is 0 Å². The molecule has 190 valence electrons. The third-order valence-corrected chi connectivity index (χ3v) is 6.23. The van der Waals surface area contributed by atoms with Crippen molar-refractivity contribution in [2.75, 3.05) is 32.7 Å². The van der Waals surface area contributed by atoms with Crippen LogP contribution in [0.5, 0.6) is 0 Å². The smallest absolute Gasteiger partial charge is 0.254 e. The van der Waals surface area contributed by atoms with E-state index >= 15 is 0 Å². The van der Waals surface area contributed by atoms with Gasteiger partial charge < -0.3 is 10.2 Å². The van der Waals surface area contributed by atoms with Gasteiger partial charge >= 0.3 is 0 Å². The summed E-state index contributed by atoms with van der Waals surface area (Å²) in [4.78, 5) is 29.2. The predicted octanol–water partition coefficient (Wildman–Crippen LogP) is 3.67. The highest BCUT2D eigenvalue weighted by Gasteiger charge is 2.22. The van der Waals surface area contributed by atoms with Crippen LogP contribution in [0.3, 0.4) is 0 Å². The van der Waals surface area contributed by atoms with Crippen molar-refractivity contribution in [3.63, 3.8) is 0 Å². The molecule has 1 saturated heterocycles. The number of hydrogen-bond donors (Lipinski definition) is 1. The zero-order valence-electron chi connectivity index (χ0n) is 21.0. The van der Waals surface area contributed by atoms with Gasteiger partial charge in [-0.3, -0.25) is 14.5 Å². The number of halogens is 1.